The van der Waals surface area contributed by atoms with Crippen LogP contribution in [-0.4, -0.2) is 69.8 Å². The van der Waals surface area contributed by atoms with Crippen LogP contribution < -0.4 is 0 Å². The first kappa shape index (κ1) is 27.0. The topological polar surface area (TPSA) is 136 Å². The molecule has 1 aliphatic heterocycles. The molecule has 4 aliphatic rings. The molecular formula is C29H36O9. The summed E-state index contributed by atoms with van der Waals surface area (Å²) in [6, 6.07) is 8.26. The Morgan fingerprint density at radius 3 is 2.34 bits per heavy atom. The monoisotopic (exact) mass is 528 g/mol. The minimum absolute atomic E-state index is 0.0722. The van der Waals surface area contributed by atoms with Crippen LogP contribution in [0.1, 0.15) is 64.2 Å². The smallest absolute Gasteiger partial charge is 0.338 e. The zero-order valence-electron chi connectivity index (χ0n) is 22.4. The van der Waals surface area contributed by atoms with Crippen LogP contribution in [0.15, 0.2) is 30.3 Å². The average Bonchev–Trinajstić information content (AvgIpc) is 2.84. The van der Waals surface area contributed by atoms with Crippen molar-refractivity contribution >= 4 is 23.5 Å². The maximum absolute atomic E-state index is 14.2. The zero-order valence-corrected chi connectivity index (χ0v) is 22.4. The lowest BCUT2D eigenvalue weighted by Gasteiger charge is -2.67. The molecule has 2 N–H and O–H groups in total. The van der Waals surface area contributed by atoms with Crippen LogP contribution >= 0.6 is 0 Å². The van der Waals surface area contributed by atoms with Gasteiger partial charge in [-0.25, -0.2) is 4.79 Å². The van der Waals surface area contributed by atoms with Crippen molar-refractivity contribution in [3.63, 3.8) is 0 Å². The maximum atomic E-state index is 14.2. The first-order chi connectivity index (χ1) is 17.7. The number of carbonyl (C=O) groups excluding carboxylic acids is 4. The normalized spacial score (nSPS) is 43.4. The molecule has 0 radical (unpaired) electrons. The highest BCUT2D eigenvalue weighted by Crippen LogP contribution is 2.64. The highest BCUT2D eigenvalue weighted by Gasteiger charge is 2.77. The summed E-state index contributed by atoms with van der Waals surface area (Å²) in [5.74, 6) is -5.40. The summed E-state index contributed by atoms with van der Waals surface area (Å²) in [5, 5.41) is 23.7. The number of aliphatic hydroxyl groups is 2. The predicted octanol–water partition coefficient (Wildman–Crippen LogP) is 2.25. The van der Waals surface area contributed by atoms with Crippen LogP contribution in [0, 0.1) is 28.6 Å². The third-order valence-corrected chi connectivity index (χ3v) is 10.1. The van der Waals surface area contributed by atoms with E-state index in [2.05, 4.69) is 0 Å². The summed E-state index contributed by atoms with van der Waals surface area (Å²) in [6.45, 7) is 7.86. The molecule has 0 amide bonds. The molecule has 2 bridgehead atoms. The molecule has 5 rings (SSSR count). The molecule has 1 aromatic rings. The van der Waals surface area contributed by atoms with Gasteiger partial charge in [-0.05, 0) is 30.9 Å². The zero-order chi connectivity index (χ0) is 27.8. The molecule has 9 nitrogen and oxygen atoms in total. The molecule has 9 heteroatoms. The van der Waals surface area contributed by atoms with E-state index in [4.69, 9.17) is 14.2 Å². The minimum atomic E-state index is -1.94. The van der Waals surface area contributed by atoms with Gasteiger partial charge >= 0.3 is 11.9 Å². The van der Waals surface area contributed by atoms with E-state index in [1.807, 2.05) is 0 Å². The van der Waals surface area contributed by atoms with Gasteiger partial charge in [0.2, 0.25) is 11.6 Å². The molecule has 4 fully saturated rings. The maximum Gasteiger partial charge on any atom is 0.338 e. The van der Waals surface area contributed by atoms with Crippen LogP contribution in [0.2, 0.25) is 0 Å². The molecule has 3 unspecified atom stereocenters. The Labute approximate surface area is 221 Å². The van der Waals surface area contributed by atoms with E-state index in [0.29, 0.717) is 6.42 Å². The van der Waals surface area contributed by atoms with Gasteiger partial charge < -0.3 is 24.4 Å². The number of carbonyl (C=O) groups is 4. The lowest BCUT2D eigenvalue weighted by Crippen LogP contribution is -2.80. The molecule has 206 valence electrons. The minimum Gasteiger partial charge on any atom is -0.455 e. The van der Waals surface area contributed by atoms with Gasteiger partial charge in [0.1, 0.15) is 17.8 Å². The molecular weight excluding hydrogens is 492 g/mol. The third-order valence-electron chi connectivity index (χ3n) is 10.1. The van der Waals surface area contributed by atoms with Gasteiger partial charge in [-0.3, -0.25) is 14.4 Å². The number of ether oxygens (including phenoxy) is 3. The number of aliphatic hydroxyl groups excluding tert-OH is 1. The fourth-order valence-electron chi connectivity index (χ4n) is 7.97. The molecule has 1 aromatic carbocycles. The summed E-state index contributed by atoms with van der Waals surface area (Å²) in [4.78, 5) is 54.1. The second-order valence-electron chi connectivity index (χ2n) is 12.4. The first-order valence-corrected chi connectivity index (χ1v) is 13.3. The van der Waals surface area contributed by atoms with Crippen LogP contribution in [0.25, 0.3) is 0 Å². The van der Waals surface area contributed by atoms with Crippen LogP contribution in [0.3, 0.4) is 0 Å². The van der Waals surface area contributed by atoms with Gasteiger partial charge in [-0.15, -0.1) is 0 Å². The number of esters is 2. The fourth-order valence-corrected chi connectivity index (χ4v) is 7.97. The van der Waals surface area contributed by atoms with Gasteiger partial charge in [0, 0.05) is 30.1 Å². The van der Waals surface area contributed by atoms with E-state index in [9.17, 15) is 29.4 Å². The average molecular weight is 529 g/mol. The van der Waals surface area contributed by atoms with Crippen LogP contribution in [-0.2, 0) is 28.6 Å². The molecule has 0 aromatic heterocycles. The predicted molar refractivity (Wildman–Crippen MR) is 133 cm³/mol. The van der Waals surface area contributed by atoms with E-state index in [1.54, 1.807) is 58.0 Å². The summed E-state index contributed by atoms with van der Waals surface area (Å²) in [5.41, 5.74) is -5.81. The quantitative estimate of drug-likeness (QED) is 0.447. The van der Waals surface area contributed by atoms with E-state index in [0.717, 1.165) is 0 Å². The highest BCUT2D eigenvalue weighted by atomic mass is 16.6. The number of ketones is 2. The van der Waals surface area contributed by atoms with Gasteiger partial charge in [0.25, 0.3) is 0 Å². The first-order valence-electron chi connectivity index (χ1n) is 13.3. The molecule has 9 atom stereocenters. The lowest BCUT2D eigenvalue weighted by atomic mass is 9.43. The van der Waals surface area contributed by atoms with E-state index < -0.39 is 81.6 Å². The van der Waals surface area contributed by atoms with Crippen molar-refractivity contribution in [2.24, 2.45) is 28.6 Å². The number of rotatable bonds is 3. The summed E-state index contributed by atoms with van der Waals surface area (Å²) in [7, 11) is 0. The van der Waals surface area contributed by atoms with Crippen molar-refractivity contribution in [2.75, 3.05) is 6.61 Å². The summed E-state index contributed by atoms with van der Waals surface area (Å²) >= 11 is 0. The molecule has 3 aliphatic carbocycles. The Morgan fingerprint density at radius 2 is 1.76 bits per heavy atom. The van der Waals surface area contributed by atoms with E-state index >= 15 is 0 Å². The second kappa shape index (κ2) is 8.69. The highest BCUT2D eigenvalue weighted by molar-refractivity contribution is 6.40. The Hall–Kier alpha value is -2.62. The molecule has 38 heavy (non-hydrogen) atoms. The van der Waals surface area contributed by atoms with Gasteiger partial charge in [0.05, 0.1) is 24.2 Å². The van der Waals surface area contributed by atoms with Gasteiger partial charge in [-0.1, -0.05) is 45.9 Å². The Balaban J connectivity index is 1.77. The molecule has 0 spiro atoms. The van der Waals surface area contributed by atoms with Crippen molar-refractivity contribution < 1.29 is 43.6 Å². The lowest BCUT2D eigenvalue weighted by molar-refractivity contribution is -0.337. The van der Waals surface area contributed by atoms with Crippen molar-refractivity contribution in [3.8, 4) is 0 Å². The van der Waals surface area contributed by atoms with Crippen molar-refractivity contribution in [2.45, 2.75) is 83.4 Å². The Kier molecular flexibility index (Phi) is 6.17. The van der Waals surface area contributed by atoms with Crippen molar-refractivity contribution in [1.29, 1.82) is 0 Å². The number of hydrogen-bond donors (Lipinski definition) is 2. The summed E-state index contributed by atoms with van der Waals surface area (Å²) in [6.07, 6.45) is -2.76. The van der Waals surface area contributed by atoms with E-state index in [-0.39, 0.29) is 25.0 Å². The largest absolute Gasteiger partial charge is 0.455 e. The van der Waals surface area contributed by atoms with E-state index in [1.165, 1.54) is 6.92 Å². The fraction of sp³-hybridized carbons (Fsp3) is 0.655. The van der Waals surface area contributed by atoms with Crippen LogP contribution in [0.4, 0.5) is 0 Å². The number of Topliss-reactive ketones (excluding diaryl/α,β-unsaturated/α-hetero) is 2. The third kappa shape index (κ3) is 3.47. The number of benzene rings is 1. The van der Waals surface area contributed by atoms with Gasteiger partial charge in [-0.2, -0.15) is 0 Å². The van der Waals surface area contributed by atoms with Gasteiger partial charge in [0.15, 0.2) is 5.60 Å². The standard InChI is InChI=1S/C29H36O9/c1-15-18(31)13-29(35)24(37-25(34)17-9-7-6-8-10-17)22-27(5,23(33)21(32)20(15)26(29,3)4)12-11-19-28(22,14-36-19)38-16(2)30/h6-10,15,18-20,22,24,31,35H,11-14H2,1-5H3/t15?,18?,19-,20?,22+,24+,27-,28+,29-/m1/s1. The molecule has 1 saturated heterocycles. The summed E-state index contributed by atoms with van der Waals surface area (Å²) < 4.78 is 17.9. The van der Waals surface area contributed by atoms with Crippen molar-refractivity contribution in [1.82, 2.24) is 0 Å². The number of fused-ring (bicyclic) bond motifs is 5. The van der Waals surface area contributed by atoms with Crippen LogP contribution in [0.5, 0.6) is 0 Å². The number of hydrogen-bond acceptors (Lipinski definition) is 9. The molecule has 1 heterocycles. The molecule has 3 saturated carbocycles. The SMILES string of the molecule is CC(=O)O[C@@]12CO[C@@H]1CC[C@@]1(C)C(=O)C(=O)C3C(C)C(O)C[C@@](O)([C@@H](OC(=O)c4ccccc4)[C@H]21)C3(C)C. The van der Waals surface area contributed by atoms with Crippen molar-refractivity contribution in [3.05, 3.63) is 35.9 Å². The Bertz CT molecular complexity index is 1180. The second-order valence-corrected chi connectivity index (χ2v) is 12.4. The Morgan fingerprint density at radius 1 is 1.11 bits per heavy atom.